The van der Waals surface area contributed by atoms with E-state index in [0.717, 1.165) is 18.7 Å². The number of nitrogens with zero attached hydrogens (tertiary/aromatic N) is 1. The molecule has 0 aliphatic heterocycles. The average molecular weight is 292 g/mol. The van der Waals surface area contributed by atoms with E-state index in [2.05, 4.69) is 38.0 Å². The molecule has 0 atom stereocenters. The average Bonchev–Trinajstić information content (AvgIpc) is 2.44. The van der Waals surface area contributed by atoms with Crippen molar-refractivity contribution in [2.45, 2.75) is 59.0 Å². The van der Waals surface area contributed by atoms with Crippen LogP contribution in [0.3, 0.4) is 0 Å². The monoisotopic (exact) mass is 292 g/mol. The maximum atomic E-state index is 13.5. The SMILES string of the molecule is CCNCc1cc(F)ccc1N(C)C1CCC(C)(C)CC1. The Balaban J connectivity index is 2.13. The Morgan fingerprint density at radius 1 is 1.29 bits per heavy atom. The van der Waals surface area contributed by atoms with Gasteiger partial charge in [0.05, 0.1) is 0 Å². The lowest BCUT2D eigenvalue weighted by Crippen LogP contribution is -2.38. The summed E-state index contributed by atoms with van der Waals surface area (Å²) in [6, 6.07) is 5.75. The van der Waals surface area contributed by atoms with Crippen molar-refractivity contribution in [1.29, 1.82) is 0 Å². The molecule has 0 heterocycles. The van der Waals surface area contributed by atoms with Crippen LogP contribution in [0, 0.1) is 11.2 Å². The topological polar surface area (TPSA) is 15.3 Å². The largest absolute Gasteiger partial charge is 0.371 e. The molecule has 1 aromatic rings. The van der Waals surface area contributed by atoms with Crippen molar-refractivity contribution in [3.8, 4) is 0 Å². The predicted octanol–water partition coefficient (Wildman–Crippen LogP) is 4.34. The third-order valence-electron chi connectivity index (χ3n) is 4.84. The van der Waals surface area contributed by atoms with Gasteiger partial charge in [0.1, 0.15) is 5.82 Å². The van der Waals surface area contributed by atoms with Gasteiger partial charge in [0.2, 0.25) is 0 Å². The van der Waals surface area contributed by atoms with E-state index in [1.165, 1.54) is 31.4 Å². The highest BCUT2D eigenvalue weighted by molar-refractivity contribution is 5.54. The number of benzene rings is 1. The molecular formula is C18H29FN2. The van der Waals surface area contributed by atoms with Crippen molar-refractivity contribution in [3.63, 3.8) is 0 Å². The highest BCUT2D eigenvalue weighted by Gasteiger charge is 2.29. The van der Waals surface area contributed by atoms with Crippen LogP contribution in [0.2, 0.25) is 0 Å². The molecule has 0 spiro atoms. The number of hydrogen-bond donors (Lipinski definition) is 1. The van der Waals surface area contributed by atoms with E-state index in [4.69, 9.17) is 0 Å². The van der Waals surface area contributed by atoms with E-state index < -0.39 is 0 Å². The first-order chi connectivity index (χ1) is 9.93. The van der Waals surface area contributed by atoms with Gasteiger partial charge in [-0.3, -0.25) is 0 Å². The van der Waals surface area contributed by atoms with Crippen LogP contribution in [0.1, 0.15) is 52.0 Å². The third kappa shape index (κ3) is 4.19. The number of anilines is 1. The second-order valence-electron chi connectivity index (χ2n) is 7.06. The molecule has 1 N–H and O–H groups in total. The first-order valence-corrected chi connectivity index (χ1v) is 8.15. The third-order valence-corrected chi connectivity index (χ3v) is 4.84. The van der Waals surface area contributed by atoms with Crippen molar-refractivity contribution in [2.75, 3.05) is 18.5 Å². The Morgan fingerprint density at radius 2 is 1.95 bits per heavy atom. The van der Waals surface area contributed by atoms with Gasteiger partial charge < -0.3 is 10.2 Å². The van der Waals surface area contributed by atoms with E-state index >= 15 is 0 Å². The summed E-state index contributed by atoms with van der Waals surface area (Å²) in [5.74, 6) is -0.148. The standard InChI is InChI=1S/C18H29FN2/c1-5-20-13-14-12-15(19)6-7-17(14)21(4)16-8-10-18(2,3)11-9-16/h6-7,12,16,20H,5,8-11,13H2,1-4H3. The number of rotatable bonds is 5. The normalized spacial score (nSPS) is 18.7. The first-order valence-electron chi connectivity index (χ1n) is 8.15. The van der Waals surface area contributed by atoms with Crippen LogP contribution in [0.15, 0.2) is 18.2 Å². The predicted molar refractivity (Wildman–Crippen MR) is 88.2 cm³/mol. The summed E-state index contributed by atoms with van der Waals surface area (Å²) in [6.07, 6.45) is 4.99. The zero-order valence-electron chi connectivity index (χ0n) is 13.9. The van der Waals surface area contributed by atoms with Gasteiger partial charge in [-0.05, 0) is 61.4 Å². The van der Waals surface area contributed by atoms with Gasteiger partial charge in [-0.1, -0.05) is 20.8 Å². The first kappa shape index (κ1) is 16.3. The van der Waals surface area contributed by atoms with Crippen molar-refractivity contribution in [1.82, 2.24) is 5.32 Å². The van der Waals surface area contributed by atoms with E-state index in [1.54, 1.807) is 12.1 Å². The summed E-state index contributed by atoms with van der Waals surface area (Å²) >= 11 is 0. The fraction of sp³-hybridized carbons (Fsp3) is 0.667. The molecule has 0 unspecified atom stereocenters. The van der Waals surface area contributed by atoms with E-state index in [9.17, 15) is 4.39 Å². The number of nitrogens with one attached hydrogen (secondary N) is 1. The minimum absolute atomic E-state index is 0.148. The molecule has 0 saturated heterocycles. The second kappa shape index (κ2) is 6.78. The number of hydrogen-bond acceptors (Lipinski definition) is 2. The molecule has 1 aliphatic carbocycles. The van der Waals surface area contributed by atoms with Crippen LogP contribution in [-0.4, -0.2) is 19.6 Å². The summed E-state index contributed by atoms with van der Waals surface area (Å²) in [4.78, 5) is 2.36. The molecule has 2 rings (SSSR count). The quantitative estimate of drug-likeness (QED) is 0.868. The van der Waals surface area contributed by atoms with Crippen molar-refractivity contribution in [3.05, 3.63) is 29.6 Å². The number of halogens is 1. The summed E-state index contributed by atoms with van der Waals surface area (Å²) < 4.78 is 13.5. The van der Waals surface area contributed by atoms with Gasteiger partial charge in [0.15, 0.2) is 0 Å². The zero-order valence-corrected chi connectivity index (χ0v) is 13.9. The molecule has 0 amide bonds. The Kier molecular flexibility index (Phi) is 5.26. The summed E-state index contributed by atoms with van der Waals surface area (Å²) in [5, 5.41) is 3.31. The Bertz CT molecular complexity index is 460. The fourth-order valence-corrected chi connectivity index (χ4v) is 3.27. The van der Waals surface area contributed by atoms with Crippen LogP contribution in [0.5, 0.6) is 0 Å². The molecule has 0 radical (unpaired) electrons. The highest BCUT2D eigenvalue weighted by Crippen LogP contribution is 2.38. The summed E-state index contributed by atoms with van der Waals surface area (Å²) in [5.41, 5.74) is 2.71. The molecule has 0 bridgehead atoms. The second-order valence-corrected chi connectivity index (χ2v) is 7.06. The molecule has 1 aromatic carbocycles. The van der Waals surface area contributed by atoms with Crippen LogP contribution in [0.4, 0.5) is 10.1 Å². The van der Waals surface area contributed by atoms with Gasteiger partial charge >= 0.3 is 0 Å². The van der Waals surface area contributed by atoms with Crippen LogP contribution in [0.25, 0.3) is 0 Å². The van der Waals surface area contributed by atoms with E-state index in [-0.39, 0.29) is 5.82 Å². The Hall–Kier alpha value is -1.09. The zero-order chi connectivity index (χ0) is 15.5. The summed E-state index contributed by atoms with van der Waals surface area (Å²) in [7, 11) is 2.16. The van der Waals surface area contributed by atoms with Gasteiger partial charge in [0.25, 0.3) is 0 Å². The maximum absolute atomic E-state index is 13.5. The molecule has 118 valence electrons. The van der Waals surface area contributed by atoms with Crippen LogP contribution >= 0.6 is 0 Å². The van der Waals surface area contributed by atoms with Gasteiger partial charge in [-0.2, -0.15) is 0 Å². The molecular weight excluding hydrogens is 263 g/mol. The minimum Gasteiger partial charge on any atom is -0.371 e. The molecule has 1 aliphatic rings. The lowest BCUT2D eigenvalue weighted by Gasteiger charge is -2.40. The lowest BCUT2D eigenvalue weighted by atomic mass is 9.75. The molecule has 3 heteroatoms. The van der Waals surface area contributed by atoms with E-state index in [0.29, 0.717) is 11.5 Å². The smallest absolute Gasteiger partial charge is 0.123 e. The maximum Gasteiger partial charge on any atom is 0.123 e. The molecule has 2 nitrogen and oxygen atoms in total. The Morgan fingerprint density at radius 3 is 2.57 bits per heavy atom. The van der Waals surface area contributed by atoms with Crippen LogP contribution in [-0.2, 0) is 6.54 Å². The molecule has 21 heavy (non-hydrogen) atoms. The van der Waals surface area contributed by atoms with E-state index in [1.807, 2.05) is 6.07 Å². The lowest BCUT2D eigenvalue weighted by molar-refractivity contribution is 0.222. The van der Waals surface area contributed by atoms with Crippen molar-refractivity contribution < 1.29 is 4.39 Å². The van der Waals surface area contributed by atoms with Gasteiger partial charge in [-0.25, -0.2) is 4.39 Å². The molecule has 1 saturated carbocycles. The van der Waals surface area contributed by atoms with Gasteiger partial charge in [0, 0.05) is 25.3 Å². The molecule has 1 fully saturated rings. The minimum atomic E-state index is -0.148. The summed E-state index contributed by atoms with van der Waals surface area (Å²) in [6.45, 7) is 8.42. The molecule has 0 aromatic heterocycles. The highest BCUT2D eigenvalue weighted by atomic mass is 19.1. The van der Waals surface area contributed by atoms with Crippen molar-refractivity contribution >= 4 is 5.69 Å². The van der Waals surface area contributed by atoms with Crippen molar-refractivity contribution in [2.24, 2.45) is 5.41 Å². The van der Waals surface area contributed by atoms with Crippen LogP contribution < -0.4 is 10.2 Å². The fourth-order valence-electron chi connectivity index (χ4n) is 3.27. The Labute approximate surface area is 128 Å². The van der Waals surface area contributed by atoms with Gasteiger partial charge in [-0.15, -0.1) is 0 Å².